The van der Waals surface area contributed by atoms with Gasteiger partial charge in [-0.3, -0.25) is 4.72 Å². The number of benzene rings is 2. The molecule has 1 aliphatic heterocycles. The molecule has 1 fully saturated rings. The van der Waals surface area contributed by atoms with Gasteiger partial charge in [-0.1, -0.05) is 0 Å². The Morgan fingerprint density at radius 1 is 0.808 bits per heavy atom. The van der Waals surface area contributed by atoms with Crippen LogP contribution in [0.3, 0.4) is 0 Å². The molecule has 2 aromatic carbocycles. The van der Waals surface area contributed by atoms with E-state index in [2.05, 4.69) is 4.72 Å². The molecule has 26 heavy (non-hydrogen) atoms. The normalized spacial score (nSPS) is 15.9. The minimum Gasteiger partial charge on any atom is -0.279 e. The summed E-state index contributed by atoms with van der Waals surface area (Å²) >= 11 is 0. The third-order valence-corrected chi connectivity index (χ3v) is 7.26. The summed E-state index contributed by atoms with van der Waals surface area (Å²) < 4.78 is 79.3. The lowest BCUT2D eigenvalue weighted by atomic mass is 10.3. The predicted octanol–water partition coefficient (Wildman–Crippen LogP) is 2.55. The Labute approximate surface area is 150 Å². The van der Waals surface area contributed by atoms with E-state index in [9.17, 15) is 25.6 Å². The largest absolute Gasteiger partial charge is 0.279 e. The van der Waals surface area contributed by atoms with E-state index in [1.54, 1.807) is 0 Å². The quantitative estimate of drug-likeness (QED) is 0.833. The Kier molecular flexibility index (Phi) is 5.00. The zero-order chi connectivity index (χ0) is 18.9. The van der Waals surface area contributed by atoms with E-state index in [0.29, 0.717) is 19.2 Å². The van der Waals surface area contributed by atoms with Crippen molar-refractivity contribution in [2.45, 2.75) is 22.6 Å². The summed E-state index contributed by atoms with van der Waals surface area (Å²) in [6, 6.07) is 6.99. The summed E-state index contributed by atoms with van der Waals surface area (Å²) in [6.07, 6.45) is 1.58. The van der Waals surface area contributed by atoms with Crippen LogP contribution in [0.5, 0.6) is 0 Å². The Balaban J connectivity index is 1.85. The fourth-order valence-electron chi connectivity index (χ4n) is 2.70. The van der Waals surface area contributed by atoms with E-state index in [0.717, 1.165) is 37.1 Å². The molecule has 0 radical (unpaired) electrons. The topological polar surface area (TPSA) is 83.5 Å². The van der Waals surface area contributed by atoms with Gasteiger partial charge in [0.25, 0.3) is 10.0 Å². The molecule has 2 aromatic rings. The van der Waals surface area contributed by atoms with Crippen molar-refractivity contribution in [1.29, 1.82) is 0 Å². The van der Waals surface area contributed by atoms with Crippen LogP contribution in [0.1, 0.15) is 12.8 Å². The molecule has 0 bridgehead atoms. The van der Waals surface area contributed by atoms with Crippen molar-refractivity contribution in [3.05, 3.63) is 54.1 Å². The number of rotatable bonds is 5. The third kappa shape index (κ3) is 3.87. The summed E-state index contributed by atoms with van der Waals surface area (Å²) in [5.74, 6) is -1.84. The maximum absolute atomic E-state index is 13.2. The van der Waals surface area contributed by atoms with E-state index in [1.807, 2.05) is 0 Å². The average molecular weight is 402 g/mol. The highest BCUT2D eigenvalue weighted by Gasteiger charge is 2.27. The van der Waals surface area contributed by atoms with Gasteiger partial charge in [0, 0.05) is 19.2 Å². The van der Waals surface area contributed by atoms with Gasteiger partial charge in [-0.25, -0.2) is 25.6 Å². The highest BCUT2D eigenvalue weighted by molar-refractivity contribution is 7.92. The number of nitrogens with one attached hydrogen (secondary N) is 1. The molecule has 0 aliphatic carbocycles. The highest BCUT2D eigenvalue weighted by Crippen LogP contribution is 2.23. The Morgan fingerprint density at radius 3 is 1.85 bits per heavy atom. The van der Waals surface area contributed by atoms with Gasteiger partial charge in [-0.15, -0.1) is 0 Å². The van der Waals surface area contributed by atoms with Crippen molar-refractivity contribution >= 4 is 25.7 Å². The molecule has 0 atom stereocenters. The zero-order valence-corrected chi connectivity index (χ0v) is 15.2. The standard InChI is InChI=1S/C16H16F2N2O4S2/c17-12-9-13(18)11-14(10-12)19-25(21,22)15-3-5-16(6-4-15)26(23,24)20-7-1-2-8-20/h3-6,9-11,19H,1-2,7-8H2. The minimum absolute atomic E-state index is 0.00449. The van der Waals surface area contributed by atoms with Crippen LogP contribution in [0.4, 0.5) is 14.5 Å². The highest BCUT2D eigenvalue weighted by atomic mass is 32.2. The summed E-state index contributed by atoms with van der Waals surface area (Å²) in [7, 11) is -7.77. The third-order valence-electron chi connectivity index (χ3n) is 3.95. The molecule has 0 aromatic heterocycles. The lowest BCUT2D eigenvalue weighted by Crippen LogP contribution is -2.27. The first-order valence-corrected chi connectivity index (χ1v) is 10.7. The minimum atomic E-state index is -4.12. The Bertz CT molecular complexity index is 996. The second-order valence-electron chi connectivity index (χ2n) is 5.85. The predicted molar refractivity (Wildman–Crippen MR) is 91.6 cm³/mol. The first-order valence-electron chi connectivity index (χ1n) is 7.78. The van der Waals surface area contributed by atoms with Crippen LogP contribution in [0, 0.1) is 11.6 Å². The smallest absolute Gasteiger partial charge is 0.261 e. The van der Waals surface area contributed by atoms with Gasteiger partial charge < -0.3 is 0 Å². The van der Waals surface area contributed by atoms with Gasteiger partial charge in [-0.2, -0.15) is 4.31 Å². The van der Waals surface area contributed by atoms with Crippen molar-refractivity contribution < 1.29 is 25.6 Å². The number of sulfonamides is 2. The molecule has 0 amide bonds. The number of anilines is 1. The molecule has 0 spiro atoms. The molecule has 6 nitrogen and oxygen atoms in total. The molecule has 1 N–H and O–H groups in total. The van der Waals surface area contributed by atoms with E-state index in [1.165, 1.54) is 16.4 Å². The fraction of sp³-hybridized carbons (Fsp3) is 0.250. The average Bonchev–Trinajstić information content (AvgIpc) is 3.09. The lowest BCUT2D eigenvalue weighted by molar-refractivity contribution is 0.477. The molecular formula is C16H16F2N2O4S2. The maximum atomic E-state index is 13.2. The van der Waals surface area contributed by atoms with Crippen LogP contribution < -0.4 is 4.72 Å². The lowest BCUT2D eigenvalue weighted by Gasteiger charge is -2.15. The van der Waals surface area contributed by atoms with Gasteiger partial charge in [-0.05, 0) is 49.2 Å². The summed E-state index contributed by atoms with van der Waals surface area (Å²) in [6.45, 7) is 0.879. The fourth-order valence-corrected chi connectivity index (χ4v) is 5.25. The van der Waals surface area contributed by atoms with Crippen LogP contribution in [-0.4, -0.2) is 34.2 Å². The molecule has 0 unspecified atom stereocenters. The molecule has 1 heterocycles. The SMILES string of the molecule is O=S(=O)(Nc1cc(F)cc(F)c1)c1ccc(S(=O)(=O)N2CCCC2)cc1. The van der Waals surface area contributed by atoms with Crippen molar-refractivity contribution in [2.75, 3.05) is 17.8 Å². The van der Waals surface area contributed by atoms with Crippen LogP contribution in [0.2, 0.25) is 0 Å². The Morgan fingerprint density at radius 2 is 1.31 bits per heavy atom. The molecular weight excluding hydrogens is 386 g/mol. The first kappa shape index (κ1) is 18.7. The van der Waals surface area contributed by atoms with Crippen molar-refractivity contribution in [3.63, 3.8) is 0 Å². The summed E-state index contributed by atoms with van der Waals surface area (Å²) in [5, 5.41) is 0. The first-order chi connectivity index (χ1) is 12.2. The van der Waals surface area contributed by atoms with Gasteiger partial charge in [0.1, 0.15) is 11.6 Å². The van der Waals surface area contributed by atoms with Gasteiger partial charge in [0.15, 0.2) is 0 Å². The molecule has 1 aliphatic rings. The molecule has 140 valence electrons. The molecule has 1 saturated heterocycles. The second kappa shape index (κ2) is 6.93. The number of hydrogen-bond donors (Lipinski definition) is 1. The summed E-state index contributed by atoms with van der Waals surface area (Å²) in [5.41, 5.74) is -0.267. The van der Waals surface area contributed by atoms with Crippen LogP contribution in [0.25, 0.3) is 0 Å². The van der Waals surface area contributed by atoms with Crippen LogP contribution in [0.15, 0.2) is 52.3 Å². The Hall–Kier alpha value is -2.04. The zero-order valence-electron chi connectivity index (χ0n) is 13.5. The second-order valence-corrected chi connectivity index (χ2v) is 9.47. The molecule has 3 rings (SSSR count). The van der Waals surface area contributed by atoms with Crippen LogP contribution >= 0.6 is 0 Å². The van der Waals surface area contributed by atoms with Crippen LogP contribution in [-0.2, 0) is 20.0 Å². The number of halogens is 2. The van der Waals surface area contributed by atoms with E-state index in [-0.39, 0.29) is 15.5 Å². The van der Waals surface area contributed by atoms with E-state index in [4.69, 9.17) is 0 Å². The van der Waals surface area contributed by atoms with Gasteiger partial charge in [0.05, 0.1) is 15.5 Å². The maximum Gasteiger partial charge on any atom is 0.261 e. The monoisotopic (exact) mass is 402 g/mol. The van der Waals surface area contributed by atoms with Gasteiger partial charge in [0.2, 0.25) is 10.0 Å². The number of nitrogens with zero attached hydrogens (tertiary/aromatic N) is 1. The van der Waals surface area contributed by atoms with Crippen molar-refractivity contribution in [2.24, 2.45) is 0 Å². The van der Waals surface area contributed by atoms with Gasteiger partial charge >= 0.3 is 0 Å². The van der Waals surface area contributed by atoms with E-state index >= 15 is 0 Å². The van der Waals surface area contributed by atoms with Crippen molar-refractivity contribution in [3.8, 4) is 0 Å². The van der Waals surface area contributed by atoms with E-state index < -0.39 is 31.7 Å². The molecule has 10 heteroatoms. The van der Waals surface area contributed by atoms with Crippen molar-refractivity contribution in [1.82, 2.24) is 4.31 Å². The molecule has 0 saturated carbocycles. The summed E-state index contributed by atoms with van der Waals surface area (Å²) in [4.78, 5) is -0.224. The number of hydrogen-bond acceptors (Lipinski definition) is 4.